The van der Waals surface area contributed by atoms with Crippen LogP contribution in [0, 0.1) is 0 Å². The van der Waals surface area contributed by atoms with Crippen molar-refractivity contribution >= 4 is 10.0 Å². The van der Waals surface area contributed by atoms with Gasteiger partial charge >= 0.3 is 0 Å². The van der Waals surface area contributed by atoms with Crippen LogP contribution in [0.5, 0.6) is 5.75 Å². The number of aromatic nitrogens is 4. The Labute approximate surface area is 210 Å². The number of nitrogens with two attached hydrogens (primary N) is 1. The molecule has 0 bridgehead atoms. The number of nitrogens with one attached hydrogen (secondary N) is 1. The van der Waals surface area contributed by atoms with Crippen molar-refractivity contribution in [2.24, 2.45) is 5.14 Å². The van der Waals surface area contributed by atoms with Crippen LogP contribution in [-0.2, 0) is 16.6 Å². The molecule has 0 saturated carbocycles. The smallest absolute Gasteiger partial charge is 0.238 e. The molecule has 1 aliphatic rings. The van der Waals surface area contributed by atoms with Gasteiger partial charge in [-0.15, -0.1) is 5.10 Å². The fourth-order valence-electron chi connectivity index (χ4n) is 4.72. The van der Waals surface area contributed by atoms with E-state index < -0.39 is 10.0 Å². The number of rotatable bonds is 7. The van der Waals surface area contributed by atoms with Gasteiger partial charge in [0, 0.05) is 5.56 Å². The second kappa shape index (κ2) is 10.2. The number of methoxy groups -OCH3 is 1. The standard InChI is InChI=1S/C26H28N6O3S/c1-35-22-11-5-18(6-12-22)17-32-26(29-30-31-32)25-23(3-2-4-24(25)36(27,33)34)21-9-7-19(8-10-21)20-13-15-28-16-14-20/h2-12,20,28H,13-17H2,1H3,(H2,27,33,34). The van der Waals surface area contributed by atoms with Crippen LogP contribution >= 0.6 is 0 Å². The van der Waals surface area contributed by atoms with E-state index in [0.29, 0.717) is 29.4 Å². The second-order valence-corrected chi connectivity index (χ2v) is 10.4. The monoisotopic (exact) mass is 504 g/mol. The van der Waals surface area contributed by atoms with Gasteiger partial charge in [0.2, 0.25) is 10.0 Å². The first-order chi connectivity index (χ1) is 17.4. The van der Waals surface area contributed by atoms with Crippen LogP contribution in [0.3, 0.4) is 0 Å². The summed E-state index contributed by atoms with van der Waals surface area (Å²) in [6.07, 6.45) is 2.21. The fourth-order valence-corrected chi connectivity index (χ4v) is 5.48. The van der Waals surface area contributed by atoms with Gasteiger partial charge in [0.25, 0.3) is 0 Å². The van der Waals surface area contributed by atoms with Gasteiger partial charge in [0.1, 0.15) is 5.75 Å². The minimum Gasteiger partial charge on any atom is -0.497 e. The van der Waals surface area contributed by atoms with Crippen LogP contribution in [0.2, 0.25) is 0 Å². The summed E-state index contributed by atoms with van der Waals surface area (Å²) >= 11 is 0. The summed E-state index contributed by atoms with van der Waals surface area (Å²) < 4.78 is 32.0. The lowest BCUT2D eigenvalue weighted by molar-refractivity contribution is 0.414. The number of piperidine rings is 1. The number of benzene rings is 3. The van der Waals surface area contributed by atoms with E-state index in [4.69, 9.17) is 9.88 Å². The molecule has 3 N–H and O–H groups in total. The van der Waals surface area contributed by atoms with Crippen molar-refractivity contribution < 1.29 is 13.2 Å². The summed E-state index contributed by atoms with van der Waals surface area (Å²) in [5.74, 6) is 1.59. The predicted octanol–water partition coefficient (Wildman–Crippen LogP) is 3.18. The summed E-state index contributed by atoms with van der Waals surface area (Å²) in [5.41, 5.74) is 4.17. The SMILES string of the molecule is COc1ccc(Cn2nnnc2-c2c(-c3ccc(C4CCNCC4)cc3)cccc2S(N)(=O)=O)cc1. The second-order valence-electron chi connectivity index (χ2n) is 8.88. The Morgan fingerprint density at radius 3 is 2.42 bits per heavy atom. The Kier molecular flexibility index (Phi) is 6.82. The van der Waals surface area contributed by atoms with E-state index in [-0.39, 0.29) is 4.90 Å². The Hall–Kier alpha value is -3.60. The summed E-state index contributed by atoms with van der Waals surface area (Å²) in [6.45, 7) is 2.38. The highest BCUT2D eigenvalue weighted by Crippen LogP contribution is 2.37. The maximum absolute atomic E-state index is 12.6. The van der Waals surface area contributed by atoms with Crippen molar-refractivity contribution in [3.8, 4) is 28.3 Å². The third-order valence-corrected chi connectivity index (χ3v) is 7.57. The lowest BCUT2D eigenvalue weighted by atomic mass is 9.89. The molecule has 0 unspecified atom stereocenters. The van der Waals surface area contributed by atoms with E-state index in [0.717, 1.165) is 42.8 Å². The van der Waals surface area contributed by atoms with Crippen molar-refractivity contribution in [2.75, 3.05) is 20.2 Å². The molecule has 3 aromatic carbocycles. The lowest BCUT2D eigenvalue weighted by Gasteiger charge is -2.23. The molecule has 1 aliphatic heterocycles. The quantitative estimate of drug-likeness (QED) is 0.396. The number of nitrogens with zero attached hydrogens (tertiary/aromatic N) is 4. The predicted molar refractivity (Wildman–Crippen MR) is 137 cm³/mol. The molecular weight excluding hydrogens is 476 g/mol. The van der Waals surface area contributed by atoms with Gasteiger partial charge in [-0.05, 0) is 82.7 Å². The van der Waals surface area contributed by atoms with Crippen LogP contribution in [0.1, 0.15) is 29.9 Å². The van der Waals surface area contributed by atoms with Crippen molar-refractivity contribution in [3.05, 3.63) is 77.9 Å². The van der Waals surface area contributed by atoms with Gasteiger partial charge in [-0.25, -0.2) is 18.2 Å². The first-order valence-electron chi connectivity index (χ1n) is 11.8. The summed E-state index contributed by atoms with van der Waals surface area (Å²) in [4.78, 5) is -0.0202. The molecule has 1 fully saturated rings. The average molecular weight is 505 g/mol. The zero-order valence-electron chi connectivity index (χ0n) is 20.0. The molecule has 2 heterocycles. The Balaban J connectivity index is 1.57. The minimum atomic E-state index is -4.05. The highest BCUT2D eigenvalue weighted by molar-refractivity contribution is 7.89. The van der Waals surface area contributed by atoms with E-state index in [9.17, 15) is 8.42 Å². The third kappa shape index (κ3) is 5.01. The molecule has 186 valence electrons. The summed E-state index contributed by atoms with van der Waals surface area (Å²) in [6, 6.07) is 20.9. The van der Waals surface area contributed by atoms with E-state index in [2.05, 4.69) is 33.0 Å². The normalized spacial score (nSPS) is 14.6. The zero-order valence-corrected chi connectivity index (χ0v) is 20.8. The molecule has 4 aromatic rings. The van der Waals surface area contributed by atoms with E-state index in [1.165, 1.54) is 11.6 Å². The average Bonchev–Trinajstić information content (AvgIpc) is 3.36. The third-order valence-electron chi connectivity index (χ3n) is 6.61. The van der Waals surface area contributed by atoms with Crippen molar-refractivity contribution in [1.82, 2.24) is 25.5 Å². The van der Waals surface area contributed by atoms with Gasteiger partial charge in [0.15, 0.2) is 5.82 Å². The Morgan fingerprint density at radius 2 is 1.75 bits per heavy atom. The lowest BCUT2D eigenvalue weighted by Crippen LogP contribution is -2.26. The zero-order chi connectivity index (χ0) is 25.1. The molecule has 5 rings (SSSR count). The van der Waals surface area contributed by atoms with E-state index >= 15 is 0 Å². The van der Waals surface area contributed by atoms with Gasteiger partial charge in [-0.3, -0.25) is 0 Å². The number of tetrazole rings is 1. The Bertz CT molecular complexity index is 1440. The number of ether oxygens (including phenoxy) is 1. The number of sulfonamides is 1. The van der Waals surface area contributed by atoms with Gasteiger partial charge in [-0.1, -0.05) is 48.5 Å². The number of hydrogen-bond donors (Lipinski definition) is 2. The molecule has 36 heavy (non-hydrogen) atoms. The van der Waals surface area contributed by atoms with Gasteiger partial charge in [0.05, 0.1) is 18.6 Å². The molecule has 10 heteroatoms. The van der Waals surface area contributed by atoms with E-state index in [1.807, 2.05) is 42.5 Å². The topological polar surface area (TPSA) is 125 Å². The van der Waals surface area contributed by atoms with Gasteiger partial charge in [-0.2, -0.15) is 0 Å². The first kappa shape index (κ1) is 24.1. The van der Waals surface area contributed by atoms with Crippen molar-refractivity contribution in [3.63, 3.8) is 0 Å². The van der Waals surface area contributed by atoms with Crippen LogP contribution in [0.25, 0.3) is 22.5 Å². The number of primary sulfonamides is 1. The number of hydrogen-bond acceptors (Lipinski definition) is 7. The van der Waals surface area contributed by atoms with Crippen LogP contribution in [0.4, 0.5) is 0 Å². The van der Waals surface area contributed by atoms with Crippen LogP contribution < -0.4 is 15.2 Å². The van der Waals surface area contributed by atoms with Crippen LogP contribution in [0.15, 0.2) is 71.6 Å². The van der Waals surface area contributed by atoms with Crippen molar-refractivity contribution in [2.45, 2.75) is 30.2 Å². The molecule has 0 radical (unpaired) electrons. The molecule has 1 saturated heterocycles. The first-order valence-corrected chi connectivity index (χ1v) is 13.3. The highest BCUT2D eigenvalue weighted by Gasteiger charge is 2.24. The van der Waals surface area contributed by atoms with Crippen LogP contribution in [-0.4, -0.2) is 48.8 Å². The van der Waals surface area contributed by atoms with E-state index in [1.54, 1.807) is 17.9 Å². The molecule has 0 aliphatic carbocycles. The maximum Gasteiger partial charge on any atom is 0.238 e. The summed E-state index contributed by atoms with van der Waals surface area (Å²) in [7, 11) is -2.44. The fraction of sp³-hybridized carbons (Fsp3) is 0.269. The van der Waals surface area contributed by atoms with Gasteiger partial charge < -0.3 is 10.1 Å². The maximum atomic E-state index is 12.6. The highest BCUT2D eigenvalue weighted by atomic mass is 32.2. The molecular formula is C26H28N6O3S. The summed E-state index contributed by atoms with van der Waals surface area (Å²) in [5, 5.41) is 21.3. The molecule has 0 spiro atoms. The minimum absolute atomic E-state index is 0.0202. The molecule has 0 amide bonds. The molecule has 1 aromatic heterocycles. The molecule has 0 atom stereocenters. The Morgan fingerprint density at radius 1 is 1.03 bits per heavy atom. The largest absolute Gasteiger partial charge is 0.497 e. The molecule has 9 nitrogen and oxygen atoms in total. The van der Waals surface area contributed by atoms with Crippen molar-refractivity contribution in [1.29, 1.82) is 0 Å².